The third kappa shape index (κ3) is 34.7. The summed E-state index contributed by atoms with van der Waals surface area (Å²) >= 11 is 9.47. The molecule has 12 saturated heterocycles. The molecule has 4 unspecified atom stereocenters. The molecule has 12 aliphatic rings. The number of nitrogen functional groups attached to an aromatic ring is 1. The van der Waals surface area contributed by atoms with E-state index >= 15 is 0 Å². The Morgan fingerprint density at radius 1 is 0.493 bits per heavy atom. The molecule has 0 radical (unpaired) electrons. The Hall–Kier alpha value is -7.61. The number of aliphatic hydroxyl groups is 7. The van der Waals surface area contributed by atoms with E-state index in [-0.39, 0.29) is 81.9 Å². The number of likely N-dealkylation sites (N-methyl/N-ethyl adjacent to an activating group) is 5. The second-order valence-electron chi connectivity index (χ2n) is 37.8. The molecule has 20 rings (SSSR count). The topological polar surface area (TPSA) is 466 Å². The zero-order valence-corrected chi connectivity index (χ0v) is 86.7. The summed E-state index contributed by atoms with van der Waals surface area (Å²) in [5, 5.41) is 102. The number of carbonyl (C=O) groups excluding carboxylic acids is 2. The SMILES string of the molecule is Brc1cccnc1.CC(C)(C)OC(=O)N1CC(O)(c2cccnc2)C1.CN1CC(O)(C2CCCN(c3ccc(N)nc3)C2)C1.CN1CC(O)(C2CCCN(c3ccc([N+](=O)[O-])nc3)C2)C1.CN1CC(O)(C2CCCNC2)C1.CN1CC(O)(C2CCCNC2)C1.CN1CC(O)(c2cccnc2)C1.O=C1CN(Br)C1.O=[N+]([O-])c1ccc(Br)cn1.OC1(c2cccnc2)CNC1.[Br-].[Mg+2].[c-]1cccnc1. The third-order valence-electron chi connectivity index (χ3n) is 25.0. The maximum atomic E-state index is 11.7. The van der Waals surface area contributed by atoms with E-state index < -0.39 is 49.5 Å². The van der Waals surface area contributed by atoms with Gasteiger partial charge in [0.15, 0.2) is 18.2 Å². The van der Waals surface area contributed by atoms with Gasteiger partial charge in [-0.05, 0) is 227 Å². The molecule has 0 bridgehead atoms. The summed E-state index contributed by atoms with van der Waals surface area (Å²) in [6, 6.07) is 31.3. The number of rotatable bonds is 11. The van der Waals surface area contributed by atoms with E-state index in [2.05, 4.69) is 165 Å². The fourth-order valence-electron chi connectivity index (χ4n) is 17.9. The van der Waals surface area contributed by atoms with Gasteiger partial charge in [0.2, 0.25) is 0 Å². The number of nitrogens with zero attached hydrogens (tertiary/aromatic N) is 19. The first-order chi connectivity index (χ1) is 63.7. The van der Waals surface area contributed by atoms with Crippen molar-refractivity contribution >= 4 is 112 Å². The van der Waals surface area contributed by atoms with Gasteiger partial charge >= 0.3 is 40.8 Å². The van der Waals surface area contributed by atoms with Crippen LogP contribution in [0.2, 0.25) is 0 Å². The van der Waals surface area contributed by atoms with Gasteiger partial charge in [-0.3, -0.25) is 29.6 Å². The number of nitro groups is 2. The molecule has 12 aliphatic heterocycles. The minimum Gasteiger partial charge on any atom is -1.00 e. The largest absolute Gasteiger partial charge is 2.00 e. The number of ketones is 1. The van der Waals surface area contributed by atoms with Crippen LogP contribution < -0.4 is 48.5 Å². The van der Waals surface area contributed by atoms with Crippen LogP contribution in [-0.2, 0) is 26.3 Å². The molecular weight excluding hydrogens is 2020 g/mol. The number of piperidine rings is 4. The normalized spacial score (nSPS) is 22.6. The second-order valence-corrected chi connectivity index (χ2v) is 40.6. The zero-order valence-electron chi connectivity index (χ0n) is 79.0. The molecule has 8 aromatic heterocycles. The van der Waals surface area contributed by atoms with E-state index in [1.807, 2.05) is 102 Å². The molecule has 12 fully saturated rings. The van der Waals surface area contributed by atoms with Crippen LogP contribution in [0, 0.1) is 50.0 Å². The number of likely N-dealkylation sites (tertiary alicyclic amines) is 6. The maximum Gasteiger partial charge on any atom is 2.00 e. The number of β-amino-alcohol motifs (C(OH)–C–C–N with tert-alkyl or cyclic N) is 7. The number of halogens is 4. The summed E-state index contributed by atoms with van der Waals surface area (Å²) in [6.07, 6.45) is 30.5. The predicted octanol–water partition coefficient (Wildman–Crippen LogP) is 3.65. The number of aromatic nitrogens is 8. The number of ether oxygens (including phenoxy) is 1. The maximum absolute atomic E-state index is 11.7. The van der Waals surface area contributed by atoms with Crippen molar-refractivity contribution < 1.29 is 76.9 Å². The van der Waals surface area contributed by atoms with Crippen molar-refractivity contribution in [1.82, 2.24) is 89.1 Å². The average Bonchev–Trinajstić information content (AvgIpc) is 0.762. The minimum atomic E-state index is -0.995. The van der Waals surface area contributed by atoms with Crippen LogP contribution >= 0.6 is 48.0 Å². The Kier molecular flexibility index (Phi) is 44.5. The monoisotopic (exact) mass is 2150 g/mol. The van der Waals surface area contributed by atoms with Crippen LogP contribution in [0.1, 0.15) is 88.8 Å². The van der Waals surface area contributed by atoms with Gasteiger partial charge < -0.3 is 139 Å². The van der Waals surface area contributed by atoms with Gasteiger partial charge in [0.25, 0.3) is 0 Å². The number of pyridine rings is 8. The first-order valence-electron chi connectivity index (χ1n) is 45.3. The van der Waals surface area contributed by atoms with Crippen molar-refractivity contribution in [3.05, 3.63) is 230 Å². The molecule has 0 saturated carbocycles. The Morgan fingerprint density at radius 3 is 1.16 bits per heavy atom. The van der Waals surface area contributed by atoms with Crippen molar-refractivity contribution in [2.24, 2.45) is 23.7 Å². The van der Waals surface area contributed by atoms with Crippen LogP contribution in [0.5, 0.6) is 0 Å². The van der Waals surface area contributed by atoms with Crippen LogP contribution in [0.3, 0.4) is 0 Å². The summed E-state index contributed by atoms with van der Waals surface area (Å²) in [5.74, 6) is 2.18. The molecule has 1 amide bonds. The van der Waals surface area contributed by atoms with Gasteiger partial charge in [-0.1, -0.05) is 30.6 Å². The van der Waals surface area contributed by atoms with Crippen LogP contribution in [0.25, 0.3) is 0 Å². The van der Waals surface area contributed by atoms with Crippen molar-refractivity contribution in [2.45, 2.75) is 117 Å². The molecule has 136 heavy (non-hydrogen) atoms. The number of hydrogen-bond acceptors (Lipinski definition) is 34. The van der Waals surface area contributed by atoms with Crippen molar-refractivity contribution in [3.63, 3.8) is 0 Å². The van der Waals surface area contributed by atoms with Crippen molar-refractivity contribution in [1.29, 1.82) is 0 Å². The van der Waals surface area contributed by atoms with E-state index in [1.165, 1.54) is 48.9 Å². The molecule has 4 atom stereocenters. The third-order valence-corrected chi connectivity index (χ3v) is 26.5. The number of Topliss-reactive ketones (excluding diaryl/α,β-unsaturated/α-hetero) is 1. The van der Waals surface area contributed by atoms with Crippen LogP contribution in [-0.4, -0.2) is 374 Å². The number of nitrogens with two attached hydrogens (primary N) is 1. The van der Waals surface area contributed by atoms with E-state index in [9.17, 15) is 65.6 Å². The van der Waals surface area contributed by atoms with Gasteiger partial charge in [-0.15, -0.1) is 0 Å². The fourth-order valence-corrected chi connectivity index (χ4v) is 19.0. The number of amides is 1. The van der Waals surface area contributed by atoms with Gasteiger partial charge in [0.1, 0.15) is 28.2 Å². The Bertz CT molecular complexity index is 4770. The van der Waals surface area contributed by atoms with Gasteiger partial charge in [0.05, 0.1) is 70.6 Å². The minimum absolute atomic E-state index is 0. The number of nitrogens with one attached hydrogen (secondary N) is 3. The summed E-state index contributed by atoms with van der Waals surface area (Å²) < 4.78 is 8.78. The number of carbonyl (C=O) groups is 2. The quantitative estimate of drug-likeness (QED) is 0.0289. The molecule has 42 heteroatoms. The smallest absolute Gasteiger partial charge is 1.00 e. The predicted molar refractivity (Wildman–Crippen MR) is 528 cm³/mol. The molecule has 0 aromatic carbocycles. The van der Waals surface area contributed by atoms with E-state index in [4.69, 9.17) is 10.5 Å². The Labute approximate surface area is 849 Å². The first kappa shape index (κ1) is 114. The van der Waals surface area contributed by atoms with Crippen LogP contribution in [0.15, 0.2) is 187 Å². The molecule has 8 aromatic rings. The summed E-state index contributed by atoms with van der Waals surface area (Å²) in [7, 11) is 10.2. The van der Waals surface area contributed by atoms with Crippen molar-refractivity contribution in [3.8, 4) is 0 Å². The zero-order chi connectivity index (χ0) is 96.9. The average molecular weight is 2150 g/mol. The molecule has 0 aliphatic carbocycles. The van der Waals surface area contributed by atoms with Gasteiger partial charge in [0, 0.05) is 240 Å². The Balaban J connectivity index is 0.000000187. The molecule has 12 N–H and O–H groups in total. The second kappa shape index (κ2) is 53.3. The van der Waals surface area contributed by atoms with Gasteiger partial charge in [-0.2, -0.15) is 6.07 Å². The van der Waals surface area contributed by atoms with Crippen molar-refractivity contribution in [2.75, 3.05) is 208 Å². The van der Waals surface area contributed by atoms with E-state index in [0.29, 0.717) is 68.6 Å². The first-order valence-corrected chi connectivity index (χ1v) is 47.6. The molecular formula is C94H133Br4MgN23O14. The number of anilines is 3. The van der Waals surface area contributed by atoms with E-state index in [1.54, 1.807) is 96.4 Å². The van der Waals surface area contributed by atoms with E-state index in [0.717, 1.165) is 167 Å². The number of hydrogen-bond donors (Lipinski definition) is 11. The molecule has 37 nitrogen and oxygen atoms in total. The van der Waals surface area contributed by atoms with Gasteiger partial charge in [-0.25, -0.2) is 25.8 Å². The molecule has 20 heterocycles. The standard InChI is InChI=1S/C14H20N4O3.C14H22N4O.C13H18N2O3.2C9H18N2O.C9H12N2O.C8H10N2O.C5H3BrN2O2.C5H4BrN.C5H4N.C3H4BrNO.BrH.Mg/c1-16-9-14(19,10-16)11-3-2-6-17(8-11)12-4-5-13(15-7-12)18(20)21;1-17-9-14(19,10-17)11-3-2-6-18(8-11)12-4-5-13(15)16-7-12;1-12(2,3)18-11(16)15-8-13(17,9-15)10-5-4-6-14-7-10;3*1-11-6-9(12,7-11)8-3-2-4-10-5-8;11-8(5-10-6-8)7-2-1-3-9-4-7;6-4-1-2-5(7-3-4)8(9)10;6-5-2-1-3-7-4-5;1-2-4-6-5-3-1;4-5-1-3(6)2-5;;/h4-5,7,11,19H,2-3,6,8-10H2,1H3;4-5,7,11,19H,2-3,6,8-10H2,1H3,(H2,15,16);4-7,17H,8-9H2,1-3H3;2*8,10,12H,2-7H2,1H3;2-5,12H,6-7H2,1H3;1-4,10-11H,5-6H2;1-3H;1-4H;1-2,4-5H;1-2H2;1H;/q;;;;;;;;;-1;;;+2/p-1. The molecule has 738 valence electrons. The summed E-state index contributed by atoms with van der Waals surface area (Å²) in [6.45, 7) is 24.2. The molecule has 0 spiro atoms. The van der Waals surface area contributed by atoms with Crippen LogP contribution in [0.4, 0.5) is 33.6 Å². The Morgan fingerprint density at radius 2 is 0.882 bits per heavy atom. The summed E-state index contributed by atoms with van der Waals surface area (Å²) in [5.41, 5.74) is 5.53. The fraction of sp³-hybridized carbons (Fsp3) is 0.553. The summed E-state index contributed by atoms with van der Waals surface area (Å²) in [4.78, 5) is 89.1.